The summed E-state index contributed by atoms with van der Waals surface area (Å²) in [6, 6.07) is 12.7. The first-order valence-corrected chi connectivity index (χ1v) is 7.82. The molecule has 0 bridgehead atoms. The van der Waals surface area contributed by atoms with Gasteiger partial charge < -0.3 is 10.6 Å². The maximum Gasteiger partial charge on any atom is 0.416 e. The van der Waals surface area contributed by atoms with E-state index in [1.807, 2.05) is 24.3 Å². The summed E-state index contributed by atoms with van der Waals surface area (Å²) in [6.07, 6.45) is -4.38. The van der Waals surface area contributed by atoms with E-state index >= 15 is 0 Å². The summed E-state index contributed by atoms with van der Waals surface area (Å²) >= 11 is 5.19. The second kappa shape index (κ2) is 6.81. The summed E-state index contributed by atoms with van der Waals surface area (Å²) in [5.74, 6) is 0. The molecule has 2 rings (SSSR count). The Kier molecular flexibility index (Phi) is 5.18. The van der Waals surface area contributed by atoms with Crippen molar-refractivity contribution < 1.29 is 13.2 Å². The fourth-order valence-corrected chi connectivity index (χ4v) is 2.37. The molecule has 128 valence electrons. The number of alkyl halides is 3. The molecule has 0 saturated heterocycles. The smallest absolute Gasteiger partial charge is 0.332 e. The summed E-state index contributed by atoms with van der Waals surface area (Å²) in [6.45, 7) is 6.31. The lowest BCUT2D eigenvalue weighted by Crippen LogP contribution is -2.20. The Morgan fingerprint density at radius 3 is 1.75 bits per heavy atom. The zero-order chi connectivity index (χ0) is 18.0. The molecule has 2 aromatic rings. The molecule has 2 aromatic carbocycles. The van der Waals surface area contributed by atoms with Crippen LogP contribution < -0.4 is 10.6 Å². The van der Waals surface area contributed by atoms with Crippen molar-refractivity contribution in [3.05, 3.63) is 59.7 Å². The first-order chi connectivity index (χ1) is 11.1. The number of thiocarbonyl (C=S) groups is 1. The molecule has 0 radical (unpaired) electrons. The highest BCUT2D eigenvalue weighted by atomic mass is 32.1. The lowest BCUT2D eigenvalue weighted by atomic mass is 9.87. The molecule has 0 aliphatic rings. The Morgan fingerprint density at radius 2 is 1.29 bits per heavy atom. The fourth-order valence-electron chi connectivity index (χ4n) is 2.13. The second-order valence-electron chi connectivity index (χ2n) is 6.49. The van der Waals surface area contributed by atoms with Gasteiger partial charge in [0.15, 0.2) is 5.11 Å². The number of halogens is 3. The average molecular weight is 352 g/mol. The predicted molar refractivity (Wildman–Crippen MR) is 96.4 cm³/mol. The molecule has 6 heteroatoms. The molecular weight excluding hydrogens is 333 g/mol. The average Bonchev–Trinajstić information content (AvgIpc) is 2.46. The highest BCUT2D eigenvalue weighted by Gasteiger charge is 2.30. The van der Waals surface area contributed by atoms with Crippen molar-refractivity contribution >= 4 is 28.7 Å². The maximum absolute atomic E-state index is 12.7. The van der Waals surface area contributed by atoms with Crippen molar-refractivity contribution in [1.82, 2.24) is 0 Å². The van der Waals surface area contributed by atoms with Crippen molar-refractivity contribution in [3.63, 3.8) is 0 Å². The van der Waals surface area contributed by atoms with Crippen LogP contribution in [0.1, 0.15) is 31.9 Å². The van der Waals surface area contributed by atoms with Gasteiger partial charge in [-0.05, 0) is 53.5 Å². The molecule has 0 unspecified atom stereocenters. The number of hydrogen-bond acceptors (Lipinski definition) is 1. The maximum atomic E-state index is 12.7. The van der Waals surface area contributed by atoms with Crippen LogP contribution in [0, 0.1) is 0 Å². The van der Waals surface area contributed by atoms with E-state index in [4.69, 9.17) is 12.2 Å². The number of anilines is 2. The highest BCUT2D eigenvalue weighted by molar-refractivity contribution is 7.80. The summed E-state index contributed by atoms with van der Waals surface area (Å²) in [5.41, 5.74) is 1.48. The number of rotatable bonds is 2. The van der Waals surface area contributed by atoms with Crippen LogP contribution in [0.25, 0.3) is 0 Å². The first-order valence-electron chi connectivity index (χ1n) is 7.41. The van der Waals surface area contributed by atoms with Gasteiger partial charge in [-0.3, -0.25) is 0 Å². The van der Waals surface area contributed by atoms with Gasteiger partial charge in [0.1, 0.15) is 0 Å². The van der Waals surface area contributed by atoms with E-state index in [2.05, 4.69) is 31.4 Å². The minimum absolute atomic E-state index is 0.00617. The highest BCUT2D eigenvalue weighted by Crippen LogP contribution is 2.30. The molecule has 0 fully saturated rings. The summed E-state index contributed by atoms with van der Waals surface area (Å²) < 4.78 is 38.2. The largest absolute Gasteiger partial charge is 0.416 e. The monoisotopic (exact) mass is 352 g/mol. The molecule has 0 amide bonds. The third kappa shape index (κ3) is 4.96. The zero-order valence-electron chi connectivity index (χ0n) is 13.7. The van der Waals surface area contributed by atoms with Gasteiger partial charge >= 0.3 is 6.18 Å². The molecule has 0 aliphatic heterocycles. The van der Waals surface area contributed by atoms with Crippen LogP contribution in [0.2, 0.25) is 0 Å². The topological polar surface area (TPSA) is 24.1 Å². The number of benzene rings is 2. The van der Waals surface area contributed by atoms with E-state index in [0.717, 1.165) is 23.4 Å². The van der Waals surface area contributed by atoms with Gasteiger partial charge in [-0.1, -0.05) is 39.0 Å². The molecule has 0 aliphatic carbocycles. The van der Waals surface area contributed by atoms with Crippen LogP contribution in [-0.2, 0) is 11.6 Å². The van der Waals surface area contributed by atoms with Gasteiger partial charge in [0.05, 0.1) is 5.56 Å². The number of hydrogen-bond donors (Lipinski definition) is 2. The molecule has 0 aromatic heterocycles. The zero-order valence-corrected chi connectivity index (χ0v) is 14.5. The Hall–Kier alpha value is -2.08. The van der Waals surface area contributed by atoms with Crippen LogP contribution in [0.4, 0.5) is 24.5 Å². The third-order valence-corrected chi connectivity index (χ3v) is 3.64. The van der Waals surface area contributed by atoms with Crippen LogP contribution in [-0.4, -0.2) is 5.11 Å². The standard InChI is InChI=1S/C18H19F3N2S/c1-17(2,3)12-6-4-8-14(10-12)22-16(24)23-15-9-5-7-13(11-15)18(19,20)21/h4-11H,1-3H3,(H2,22,23,24). The van der Waals surface area contributed by atoms with Gasteiger partial charge in [-0.2, -0.15) is 13.2 Å². The summed E-state index contributed by atoms with van der Waals surface area (Å²) in [7, 11) is 0. The van der Waals surface area contributed by atoms with E-state index < -0.39 is 11.7 Å². The van der Waals surface area contributed by atoms with Gasteiger partial charge in [0.2, 0.25) is 0 Å². The molecule has 0 saturated carbocycles. The molecule has 0 atom stereocenters. The molecule has 0 heterocycles. The molecule has 2 nitrogen and oxygen atoms in total. The van der Waals surface area contributed by atoms with Gasteiger partial charge in [-0.25, -0.2) is 0 Å². The SMILES string of the molecule is CC(C)(C)c1cccc(NC(=S)Nc2cccc(C(F)(F)F)c2)c1. The van der Waals surface area contributed by atoms with Crippen LogP contribution >= 0.6 is 12.2 Å². The van der Waals surface area contributed by atoms with Crippen molar-refractivity contribution in [2.45, 2.75) is 32.4 Å². The van der Waals surface area contributed by atoms with Crippen molar-refractivity contribution in [1.29, 1.82) is 0 Å². The van der Waals surface area contributed by atoms with E-state index in [1.54, 1.807) is 0 Å². The fraction of sp³-hybridized carbons (Fsp3) is 0.278. The minimum Gasteiger partial charge on any atom is -0.332 e. The molecule has 24 heavy (non-hydrogen) atoms. The minimum atomic E-state index is -4.38. The Balaban J connectivity index is 2.09. The predicted octanol–water partition coefficient (Wildman–Crippen LogP) is 5.81. The molecular formula is C18H19F3N2S. The first kappa shape index (κ1) is 18.3. The van der Waals surface area contributed by atoms with E-state index in [-0.39, 0.29) is 16.2 Å². The Morgan fingerprint density at radius 1 is 0.833 bits per heavy atom. The van der Waals surface area contributed by atoms with Gasteiger partial charge in [-0.15, -0.1) is 0 Å². The van der Waals surface area contributed by atoms with Crippen LogP contribution in [0.15, 0.2) is 48.5 Å². The third-order valence-electron chi connectivity index (χ3n) is 3.43. The van der Waals surface area contributed by atoms with Crippen molar-refractivity contribution in [3.8, 4) is 0 Å². The van der Waals surface area contributed by atoms with Crippen molar-refractivity contribution in [2.75, 3.05) is 10.6 Å². The van der Waals surface area contributed by atoms with Crippen molar-refractivity contribution in [2.24, 2.45) is 0 Å². The van der Waals surface area contributed by atoms with Gasteiger partial charge in [0, 0.05) is 11.4 Å². The molecule has 2 N–H and O–H groups in total. The van der Waals surface area contributed by atoms with E-state index in [1.165, 1.54) is 12.1 Å². The van der Waals surface area contributed by atoms with Gasteiger partial charge in [0.25, 0.3) is 0 Å². The van der Waals surface area contributed by atoms with Crippen LogP contribution in [0.3, 0.4) is 0 Å². The lowest BCUT2D eigenvalue weighted by Gasteiger charge is -2.20. The Bertz CT molecular complexity index is 672. The summed E-state index contributed by atoms with van der Waals surface area (Å²) in [5, 5.41) is 6.02. The Labute approximate surface area is 145 Å². The lowest BCUT2D eigenvalue weighted by molar-refractivity contribution is -0.137. The number of nitrogens with one attached hydrogen (secondary N) is 2. The van der Waals surface area contributed by atoms with Crippen LogP contribution in [0.5, 0.6) is 0 Å². The molecule has 0 spiro atoms. The van der Waals surface area contributed by atoms with E-state index in [9.17, 15) is 13.2 Å². The normalized spacial score (nSPS) is 11.9. The quantitative estimate of drug-likeness (QED) is 0.667. The van der Waals surface area contributed by atoms with E-state index in [0.29, 0.717) is 0 Å². The summed E-state index contributed by atoms with van der Waals surface area (Å²) in [4.78, 5) is 0. The second-order valence-corrected chi connectivity index (χ2v) is 6.90.